The molecule has 0 heterocycles. The third-order valence-electron chi connectivity index (χ3n) is 2.91. The van der Waals surface area contributed by atoms with Crippen molar-refractivity contribution in [1.82, 2.24) is 5.32 Å². The molecule has 2 unspecified atom stereocenters. The van der Waals surface area contributed by atoms with E-state index in [-0.39, 0.29) is 0 Å². The first-order chi connectivity index (χ1) is 6.36. The topological polar surface area (TPSA) is 12.0 Å². The number of hydrogen-bond acceptors (Lipinski definition) is 2. The summed E-state index contributed by atoms with van der Waals surface area (Å²) in [7, 11) is 0. The first-order valence-electron chi connectivity index (χ1n) is 5.68. The molecule has 0 bridgehead atoms. The summed E-state index contributed by atoms with van der Waals surface area (Å²) in [5.74, 6) is 3.67. The molecule has 0 aliphatic heterocycles. The van der Waals surface area contributed by atoms with Crippen LogP contribution in [0.3, 0.4) is 0 Å². The Hall–Kier alpha value is 0.310. The van der Waals surface area contributed by atoms with Crippen LogP contribution in [-0.4, -0.2) is 24.1 Å². The lowest BCUT2D eigenvalue weighted by Gasteiger charge is -2.11. The monoisotopic (exact) mass is 201 g/mol. The van der Waals surface area contributed by atoms with Crippen molar-refractivity contribution < 1.29 is 0 Å². The zero-order valence-electron chi connectivity index (χ0n) is 9.01. The molecule has 0 radical (unpaired) electrons. The van der Waals surface area contributed by atoms with Crippen LogP contribution >= 0.6 is 11.8 Å². The lowest BCUT2D eigenvalue weighted by Crippen LogP contribution is -2.25. The van der Waals surface area contributed by atoms with Gasteiger partial charge in [0.05, 0.1) is 0 Å². The van der Waals surface area contributed by atoms with Gasteiger partial charge in [0.25, 0.3) is 0 Å². The lowest BCUT2D eigenvalue weighted by atomic mass is 10.1. The average Bonchev–Trinajstić information content (AvgIpc) is 2.54. The van der Waals surface area contributed by atoms with E-state index in [9.17, 15) is 0 Å². The van der Waals surface area contributed by atoms with Crippen LogP contribution in [0.2, 0.25) is 0 Å². The van der Waals surface area contributed by atoms with Gasteiger partial charge in [-0.1, -0.05) is 13.8 Å². The average molecular weight is 201 g/mol. The van der Waals surface area contributed by atoms with E-state index in [0.29, 0.717) is 0 Å². The molecule has 1 aliphatic rings. The van der Waals surface area contributed by atoms with Crippen LogP contribution in [-0.2, 0) is 0 Å². The zero-order valence-corrected chi connectivity index (χ0v) is 9.83. The highest BCUT2D eigenvalue weighted by atomic mass is 32.2. The summed E-state index contributed by atoms with van der Waals surface area (Å²) < 4.78 is 0. The molecule has 1 aliphatic carbocycles. The Kier molecular flexibility index (Phi) is 5.88. The molecule has 0 aromatic rings. The minimum absolute atomic E-state index is 0.835. The van der Waals surface area contributed by atoms with Gasteiger partial charge in [-0.2, -0.15) is 11.8 Å². The SMILES string of the molecule is CCNC1CCC(CCSCC)C1. The molecule has 78 valence electrons. The summed E-state index contributed by atoms with van der Waals surface area (Å²) in [6, 6.07) is 0.835. The Morgan fingerprint density at radius 3 is 2.85 bits per heavy atom. The molecule has 1 nitrogen and oxygen atoms in total. The number of nitrogens with one attached hydrogen (secondary N) is 1. The standard InChI is InChI=1S/C11H23NS/c1-3-12-11-6-5-10(9-11)7-8-13-4-2/h10-12H,3-9H2,1-2H3. The normalized spacial score (nSPS) is 28.2. The second kappa shape index (κ2) is 6.72. The predicted molar refractivity (Wildman–Crippen MR) is 62.4 cm³/mol. The highest BCUT2D eigenvalue weighted by Crippen LogP contribution is 2.29. The van der Waals surface area contributed by atoms with E-state index in [0.717, 1.165) is 18.5 Å². The number of rotatable bonds is 6. The van der Waals surface area contributed by atoms with Gasteiger partial charge in [0.15, 0.2) is 0 Å². The van der Waals surface area contributed by atoms with E-state index in [2.05, 4.69) is 30.9 Å². The van der Waals surface area contributed by atoms with E-state index in [1.165, 1.54) is 37.2 Å². The van der Waals surface area contributed by atoms with E-state index < -0.39 is 0 Å². The van der Waals surface area contributed by atoms with Gasteiger partial charge >= 0.3 is 0 Å². The van der Waals surface area contributed by atoms with Crippen molar-refractivity contribution in [2.24, 2.45) is 5.92 Å². The maximum absolute atomic E-state index is 3.56. The number of hydrogen-bond donors (Lipinski definition) is 1. The van der Waals surface area contributed by atoms with Crippen LogP contribution in [0.15, 0.2) is 0 Å². The van der Waals surface area contributed by atoms with Crippen molar-refractivity contribution in [3.05, 3.63) is 0 Å². The zero-order chi connectivity index (χ0) is 9.52. The fourth-order valence-corrected chi connectivity index (χ4v) is 2.99. The van der Waals surface area contributed by atoms with Crippen LogP contribution in [0.4, 0.5) is 0 Å². The quantitative estimate of drug-likeness (QED) is 0.663. The van der Waals surface area contributed by atoms with Crippen molar-refractivity contribution in [3.8, 4) is 0 Å². The smallest absolute Gasteiger partial charge is 0.00696 e. The summed E-state index contributed by atoms with van der Waals surface area (Å²) in [5, 5.41) is 3.56. The lowest BCUT2D eigenvalue weighted by molar-refractivity contribution is 0.488. The molecule has 0 amide bonds. The largest absolute Gasteiger partial charge is 0.314 e. The Morgan fingerprint density at radius 2 is 2.15 bits per heavy atom. The van der Waals surface area contributed by atoms with Gasteiger partial charge in [0.2, 0.25) is 0 Å². The van der Waals surface area contributed by atoms with E-state index >= 15 is 0 Å². The Bertz CT molecular complexity index is 127. The van der Waals surface area contributed by atoms with Crippen molar-refractivity contribution in [1.29, 1.82) is 0 Å². The van der Waals surface area contributed by atoms with Gasteiger partial charge in [-0.25, -0.2) is 0 Å². The maximum atomic E-state index is 3.56. The molecule has 13 heavy (non-hydrogen) atoms. The summed E-state index contributed by atoms with van der Waals surface area (Å²) >= 11 is 2.09. The Labute approximate surface area is 87.1 Å². The van der Waals surface area contributed by atoms with Gasteiger partial charge in [0.1, 0.15) is 0 Å². The number of thioether (sulfide) groups is 1. The fraction of sp³-hybridized carbons (Fsp3) is 1.00. The summed E-state index contributed by atoms with van der Waals surface area (Å²) in [6.45, 7) is 5.60. The minimum atomic E-state index is 0.835. The fourth-order valence-electron chi connectivity index (χ4n) is 2.21. The summed E-state index contributed by atoms with van der Waals surface area (Å²) in [6.07, 6.45) is 5.75. The Balaban J connectivity index is 2.03. The van der Waals surface area contributed by atoms with E-state index in [1.807, 2.05) is 0 Å². The van der Waals surface area contributed by atoms with E-state index in [1.54, 1.807) is 0 Å². The molecule has 1 fully saturated rings. The van der Waals surface area contributed by atoms with Crippen molar-refractivity contribution in [2.45, 2.75) is 45.6 Å². The van der Waals surface area contributed by atoms with Crippen molar-refractivity contribution in [3.63, 3.8) is 0 Å². The Morgan fingerprint density at radius 1 is 1.31 bits per heavy atom. The second-order valence-electron chi connectivity index (χ2n) is 3.92. The first kappa shape index (κ1) is 11.4. The van der Waals surface area contributed by atoms with E-state index in [4.69, 9.17) is 0 Å². The van der Waals surface area contributed by atoms with Gasteiger partial charge in [-0.05, 0) is 49.7 Å². The van der Waals surface area contributed by atoms with Gasteiger partial charge in [0, 0.05) is 6.04 Å². The van der Waals surface area contributed by atoms with Crippen LogP contribution in [0.1, 0.15) is 39.5 Å². The molecule has 2 heteroatoms. The first-order valence-corrected chi connectivity index (χ1v) is 6.83. The third-order valence-corrected chi connectivity index (χ3v) is 3.84. The van der Waals surface area contributed by atoms with Crippen molar-refractivity contribution >= 4 is 11.8 Å². The highest BCUT2D eigenvalue weighted by molar-refractivity contribution is 7.99. The molecule has 1 N–H and O–H groups in total. The molecule has 2 atom stereocenters. The van der Waals surface area contributed by atoms with Gasteiger partial charge in [-0.3, -0.25) is 0 Å². The van der Waals surface area contributed by atoms with Crippen LogP contribution < -0.4 is 5.32 Å². The third kappa shape index (κ3) is 4.37. The molecule has 1 rings (SSSR count). The summed E-state index contributed by atoms with van der Waals surface area (Å²) in [5.41, 5.74) is 0. The molecule has 0 aromatic carbocycles. The van der Waals surface area contributed by atoms with Crippen molar-refractivity contribution in [2.75, 3.05) is 18.1 Å². The van der Waals surface area contributed by atoms with Gasteiger partial charge in [-0.15, -0.1) is 0 Å². The molecular weight excluding hydrogens is 178 g/mol. The van der Waals surface area contributed by atoms with Gasteiger partial charge < -0.3 is 5.32 Å². The predicted octanol–water partition coefficient (Wildman–Crippen LogP) is 2.91. The minimum Gasteiger partial charge on any atom is -0.314 e. The van der Waals surface area contributed by atoms with Crippen LogP contribution in [0.25, 0.3) is 0 Å². The molecular formula is C11H23NS. The van der Waals surface area contributed by atoms with Crippen LogP contribution in [0, 0.1) is 5.92 Å². The second-order valence-corrected chi connectivity index (χ2v) is 5.31. The maximum Gasteiger partial charge on any atom is 0.00696 e. The summed E-state index contributed by atoms with van der Waals surface area (Å²) in [4.78, 5) is 0. The van der Waals surface area contributed by atoms with Crippen LogP contribution in [0.5, 0.6) is 0 Å². The molecule has 0 saturated heterocycles. The molecule has 0 spiro atoms. The molecule has 1 saturated carbocycles. The molecule has 0 aromatic heterocycles. The highest BCUT2D eigenvalue weighted by Gasteiger charge is 2.22.